The van der Waals surface area contributed by atoms with E-state index in [1.54, 1.807) is 6.07 Å². The largest absolute Gasteiger partial charge is 0.334 e. The first-order valence-corrected chi connectivity index (χ1v) is 9.07. The van der Waals surface area contributed by atoms with E-state index in [-0.39, 0.29) is 17.8 Å². The average Bonchev–Trinajstić information content (AvgIpc) is 3.02. The number of halogens is 1. The lowest BCUT2D eigenvalue weighted by molar-refractivity contribution is -0.135. The first-order chi connectivity index (χ1) is 10.6. The Hall–Kier alpha value is -1.07. The molecule has 120 valence electrons. The number of carbonyl (C=O) groups is 1. The Kier molecular flexibility index (Phi) is 4.73. The topological polar surface area (TPSA) is 23.6 Å². The molecule has 3 nitrogen and oxygen atoms in total. The molecule has 2 unspecified atom stereocenters. The number of rotatable bonds is 3. The highest BCUT2D eigenvalue weighted by molar-refractivity contribution is 7.99. The normalized spacial score (nSPS) is 24.6. The van der Waals surface area contributed by atoms with Crippen molar-refractivity contribution in [1.82, 2.24) is 9.80 Å². The molecule has 2 heterocycles. The summed E-state index contributed by atoms with van der Waals surface area (Å²) >= 11 is 1.96. The number of hydrogen-bond acceptors (Lipinski definition) is 3. The van der Waals surface area contributed by atoms with Gasteiger partial charge < -0.3 is 4.90 Å². The zero-order chi connectivity index (χ0) is 15.7. The summed E-state index contributed by atoms with van der Waals surface area (Å²) in [6.07, 6.45) is 1.98. The maximum absolute atomic E-state index is 13.5. The lowest BCUT2D eigenvalue weighted by Crippen LogP contribution is -2.46. The van der Waals surface area contributed by atoms with Gasteiger partial charge >= 0.3 is 0 Å². The van der Waals surface area contributed by atoms with Crippen LogP contribution in [-0.4, -0.2) is 53.4 Å². The predicted molar refractivity (Wildman–Crippen MR) is 88.6 cm³/mol. The van der Waals surface area contributed by atoms with E-state index in [0.29, 0.717) is 12.6 Å². The van der Waals surface area contributed by atoms with Crippen LogP contribution in [0.1, 0.15) is 30.5 Å². The number of nitrogens with zero attached hydrogens (tertiary/aromatic N) is 2. The van der Waals surface area contributed by atoms with Gasteiger partial charge in [0.25, 0.3) is 0 Å². The van der Waals surface area contributed by atoms with E-state index < -0.39 is 0 Å². The number of benzene rings is 1. The smallest absolute Gasteiger partial charge is 0.237 e. The second-order valence-corrected chi connectivity index (χ2v) is 7.44. The Morgan fingerprint density at radius 2 is 2.32 bits per heavy atom. The minimum absolute atomic E-state index is 0.0432. The van der Waals surface area contributed by atoms with Crippen molar-refractivity contribution in [1.29, 1.82) is 0 Å². The third-order valence-electron chi connectivity index (χ3n) is 4.88. The third kappa shape index (κ3) is 3.15. The maximum Gasteiger partial charge on any atom is 0.237 e. The number of carbonyl (C=O) groups excluding carboxylic acids is 1. The third-order valence-corrected chi connectivity index (χ3v) is 6.03. The van der Waals surface area contributed by atoms with Crippen molar-refractivity contribution in [3.05, 3.63) is 35.1 Å². The lowest BCUT2D eigenvalue weighted by atomic mass is 9.93. The van der Waals surface area contributed by atoms with Gasteiger partial charge in [0.05, 0.1) is 12.6 Å². The molecule has 0 spiro atoms. The molecule has 0 saturated carbocycles. The molecular weight excluding hydrogens is 299 g/mol. The van der Waals surface area contributed by atoms with E-state index >= 15 is 0 Å². The molecule has 1 aromatic rings. The SMILES string of the molecule is CC1c2cc(F)ccc2CCN1C(=O)CN(C)C1CCSC1. The quantitative estimate of drug-likeness (QED) is 0.855. The molecule has 3 rings (SSSR count). The van der Waals surface area contributed by atoms with Crippen LogP contribution in [0.3, 0.4) is 0 Å². The highest BCUT2D eigenvalue weighted by atomic mass is 32.2. The van der Waals surface area contributed by atoms with Gasteiger partial charge in [-0.15, -0.1) is 0 Å². The summed E-state index contributed by atoms with van der Waals surface area (Å²) in [5.41, 5.74) is 2.12. The summed E-state index contributed by atoms with van der Waals surface area (Å²) in [6, 6.07) is 5.41. The molecule has 0 bridgehead atoms. The van der Waals surface area contributed by atoms with Gasteiger partial charge in [0.15, 0.2) is 0 Å². The van der Waals surface area contributed by atoms with Gasteiger partial charge in [-0.2, -0.15) is 11.8 Å². The summed E-state index contributed by atoms with van der Waals surface area (Å²) in [5, 5.41) is 0. The van der Waals surface area contributed by atoms with Crippen LogP contribution in [0.25, 0.3) is 0 Å². The first kappa shape index (κ1) is 15.8. The molecule has 1 fully saturated rings. The van der Waals surface area contributed by atoms with Gasteiger partial charge in [0.1, 0.15) is 5.82 Å². The number of hydrogen-bond donors (Lipinski definition) is 0. The van der Waals surface area contributed by atoms with Crippen LogP contribution in [0, 0.1) is 5.82 Å². The first-order valence-electron chi connectivity index (χ1n) is 7.92. The molecule has 2 aliphatic rings. The number of likely N-dealkylation sites (N-methyl/N-ethyl adjacent to an activating group) is 1. The summed E-state index contributed by atoms with van der Waals surface area (Å²) in [6.45, 7) is 3.19. The maximum atomic E-state index is 13.5. The Bertz CT molecular complexity index is 560. The Morgan fingerprint density at radius 1 is 1.50 bits per heavy atom. The number of fused-ring (bicyclic) bond motifs is 1. The Labute approximate surface area is 135 Å². The van der Waals surface area contributed by atoms with E-state index in [9.17, 15) is 9.18 Å². The summed E-state index contributed by atoms with van der Waals surface area (Å²) in [7, 11) is 2.04. The molecule has 2 aliphatic heterocycles. The van der Waals surface area contributed by atoms with Crippen LogP contribution >= 0.6 is 11.8 Å². The molecule has 0 N–H and O–H groups in total. The molecular formula is C17H23FN2OS. The van der Waals surface area contributed by atoms with Crippen molar-refractivity contribution in [2.24, 2.45) is 0 Å². The zero-order valence-corrected chi connectivity index (χ0v) is 14.0. The molecule has 1 saturated heterocycles. The Morgan fingerprint density at radius 3 is 3.05 bits per heavy atom. The van der Waals surface area contributed by atoms with Crippen molar-refractivity contribution in [3.63, 3.8) is 0 Å². The van der Waals surface area contributed by atoms with Crippen LogP contribution in [0.2, 0.25) is 0 Å². The standard InChI is InChI=1S/C17H23FN2OS/c1-12-16-9-14(18)4-3-13(16)5-7-20(12)17(21)10-19(2)15-6-8-22-11-15/h3-4,9,12,15H,5-8,10-11H2,1-2H3. The lowest BCUT2D eigenvalue weighted by Gasteiger charge is -2.37. The van der Waals surface area contributed by atoms with Gasteiger partial charge in [-0.05, 0) is 55.8 Å². The number of thioether (sulfide) groups is 1. The summed E-state index contributed by atoms with van der Waals surface area (Å²) < 4.78 is 13.5. The number of amides is 1. The van der Waals surface area contributed by atoms with Gasteiger partial charge in [-0.1, -0.05) is 6.07 Å². The van der Waals surface area contributed by atoms with Crippen molar-refractivity contribution in [3.8, 4) is 0 Å². The monoisotopic (exact) mass is 322 g/mol. The molecule has 0 aromatic heterocycles. The van der Waals surface area contributed by atoms with Crippen LogP contribution in [-0.2, 0) is 11.2 Å². The van der Waals surface area contributed by atoms with Crippen LogP contribution in [0.15, 0.2) is 18.2 Å². The van der Waals surface area contributed by atoms with Crippen LogP contribution in [0.4, 0.5) is 4.39 Å². The molecule has 1 aromatic carbocycles. The summed E-state index contributed by atoms with van der Waals surface area (Å²) in [5.74, 6) is 2.24. The van der Waals surface area contributed by atoms with Gasteiger partial charge in [0.2, 0.25) is 5.91 Å². The molecule has 0 radical (unpaired) electrons. The van der Waals surface area contributed by atoms with E-state index in [4.69, 9.17) is 0 Å². The fourth-order valence-corrected chi connectivity index (χ4v) is 4.73. The van der Waals surface area contributed by atoms with E-state index in [2.05, 4.69) is 4.90 Å². The van der Waals surface area contributed by atoms with Crippen molar-refractivity contribution >= 4 is 17.7 Å². The van der Waals surface area contributed by atoms with Gasteiger partial charge in [0, 0.05) is 18.3 Å². The predicted octanol–water partition coefficient (Wildman–Crippen LogP) is 2.71. The van der Waals surface area contributed by atoms with Crippen LogP contribution in [0.5, 0.6) is 0 Å². The van der Waals surface area contributed by atoms with Crippen molar-refractivity contribution in [2.75, 3.05) is 31.6 Å². The van der Waals surface area contributed by atoms with E-state index in [1.807, 2.05) is 36.7 Å². The molecule has 5 heteroatoms. The Balaban J connectivity index is 1.68. The zero-order valence-electron chi connectivity index (χ0n) is 13.2. The minimum atomic E-state index is -0.222. The highest BCUT2D eigenvalue weighted by Crippen LogP contribution is 2.30. The molecule has 2 atom stereocenters. The van der Waals surface area contributed by atoms with E-state index in [0.717, 1.165) is 30.7 Å². The minimum Gasteiger partial charge on any atom is -0.334 e. The fraction of sp³-hybridized carbons (Fsp3) is 0.588. The average molecular weight is 322 g/mol. The second kappa shape index (κ2) is 6.59. The van der Waals surface area contributed by atoms with Crippen molar-refractivity contribution in [2.45, 2.75) is 31.8 Å². The second-order valence-electron chi connectivity index (χ2n) is 6.29. The van der Waals surface area contributed by atoms with Gasteiger partial charge in [-0.25, -0.2) is 4.39 Å². The molecule has 0 aliphatic carbocycles. The van der Waals surface area contributed by atoms with Gasteiger partial charge in [-0.3, -0.25) is 9.69 Å². The van der Waals surface area contributed by atoms with Crippen molar-refractivity contribution < 1.29 is 9.18 Å². The molecule has 1 amide bonds. The van der Waals surface area contributed by atoms with Crippen LogP contribution < -0.4 is 0 Å². The fourth-order valence-electron chi connectivity index (χ4n) is 3.43. The van der Waals surface area contributed by atoms with E-state index in [1.165, 1.54) is 17.4 Å². The molecule has 22 heavy (non-hydrogen) atoms. The summed E-state index contributed by atoms with van der Waals surface area (Å²) in [4.78, 5) is 16.7. The highest BCUT2D eigenvalue weighted by Gasteiger charge is 2.30.